The van der Waals surface area contributed by atoms with Gasteiger partial charge in [-0.15, -0.1) is 0 Å². The van der Waals surface area contributed by atoms with Crippen LogP contribution in [0.4, 0.5) is 0 Å². The van der Waals surface area contributed by atoms with Crippen LogP contribution in [0.3, 0.4) is 0 Å². The fourth-order valence-corrected chi connectivity index (χ4v) is 1.71. The number of carbonyl (C=O) groups excluding carboxylic acids is 1. The van der Waals surface area contributed by atoms with E-state index in [-0.39, 0.29) is 24.1 Å². The Balaban J connectivity index is 0.000000573. The number of hydrogen-bond acceptors (Lipinski definition) is 4. The number of fused-ring (bicyclic) bond motifs is 1. The maximum atomic E-state index is 11.4. The van der Waals surface area contributed by atoms with Gasteiger partial charge in [-0.25, -0.2) is 0 Å². The molecule has 0 radical (unpaired) electrons. The van der Waals surface area contributed by atoms with Gasteiger partial charge in [0, 0.05) is 6.20 Å². The topological polar surface area (TPSA) is 85.2 Å². The van der Waals surface area contributed by atoms with Crippen LogP contribution in [0, 0.1) is 0 Å². The minimum Gasteiger partial charge on any atom is -0.461 e. The summed E-state index contributed by atoms with van der Waals surface area (Å²) >= 11 is 0. The van der Waals surface area contributed by atoms with E-state index in [9.17, 15) is 9.59 Å². The fourth-order valence-electron chi connectivity index (χ4n) is 1.71. The molecule has 1 unspecified atom stereocenters. The van der Waals surface area contributed by atoms with Crippen molar-refractivity contribution in [3.63, 3.8) is 0 Å². The number of nitrogens with one attached hydrogen (secondary N) is 1. The standard InChI is InChI=1S/C10H11NO3.C2H7N.C2H6/c1-6-4-9(12)14-5-8-7(6)2-3-11-10(8)13;1-2-3;1-2/h2-3,6H,4-5H2,1H3,(H,11,13);2-3H2,1H3;1-2H3. The number of nitrogens with two attached hydrogens (primary N) is 1. The third-order valence-corrected chi connectivity index (χ3v) is 2.48. The summed E-state index contributed by atoms with van der Waals surface area (Å²) in [5.74, 6) is -0.185. The van der Waals surface area contributed by atoms with Crippen LogP contribution in [-0.2, 0) is 16.1 Å². The normalized spacial score (nSPS) is 16.7. The molecule has 5 nitrogen and oxygen atoms in total. The van der Waals surface area contributed by atoms with Gasteiger partial charge in [-0.1, -0.05) is 27.7 Å². The van der Waals surface area contributed by atoms with E-state index >= 15 is 0 Å². The van der Waals surface area contributed by atoms with Gasteiger partial charge in [-0.3, -0.25) is 9.59 Å². The molecule has 1 aromatic rings. The van der Waals surface area contributed by atoms with Crippen molar-refractivity contribution in [1.82, 2.24) is 4.98 Å². The Hall–Kier alpha value is -1.62. The van der Waals surface area contributed by atoms with Gasteiger partial charge in [0.2, 0.25) is 0 Å². The highest BCUT2D eigenvalue weighted by Crippen LogP contribution is 2.24. The van der Waals surface area contributed by atoms with Crippen LogP contribution in [0.25, 0.3) is 0 Å². The number of cyclic esters (lactones) is 1. The van der Waals surface area contributed by atoms with Gasteiger partial charge in [-0.2, -0.15) is 0 Å². The van der Waals surface area contributed by atoms with E-state index in [0.717, 1.165) is 12.1 Å². The van der Waals surface area contributed by atoms with E-state index < -0.39 is 0 Å². The number of hydrogen-bond donors (Lipinski definition) is 2. The number of ether oxygens (including phenoxy) is 1. The van der Waals surface area contributed by atoms with Crippen molar-refractivity contribution < 1.29 is 9.53 Å². The lowest BCUT2D eigenvalue weighted by molar-refractivity contribution is -0.144. The average Bonchev–Trinajstić information content (AvgIpc) is 2.54. The molecule has 1 atom stereocenters. The minimum absolute atomic E-state index is 0.0577. The van der Waals surface area contributed by atoms with Crippen molar-refractivity contribution in [1.29, 1.82) is 0 Å². The van der Waals surface area contributed by atoms with Crippen molar-refractivity contribution in [2.75, 3.05) is 6.54 Å². The first-order valence-electron chi connectivity index (χ1n) is 6.66. The van der Waals surface area contributed by atoms with Crippen LogP contribution < -0.4 is 11.3 Å². The van der Waals surface area contributed by atoms with E-state index in [2.05, 4.69) is 4.98 Å². The summed E-state index contributed by atoms with van der Waals surface area (Å²) < 4.78 is 4.92. The Kier molecular flexibility index (Phi) is 8.53. The van der Waals surface area contributed by atoms with E-state index in [0.29, 0.717) is 12.0 Å². The summed E-state index contributed by atoms with van der Waals surface area (Å²) in [6, 6.07) is 1.84. The van der Waals surface area contributed by atoms with E-state index in [4.69, 9.17) is 10.5 Å². The van der Waals surface area contributed by atoms with E-state index in [1.54, 1.807) is 6.20 Å². The lowest BCUT2D eigenvalue weighted by Crippen LogP contribution is -2.15. The predicted octanol–water partition coefficient (Wildman–Crippen LogP) is 1.92. The predicted molar refractivity (Wildman–Crippen MR) is 76.0 cm³/mol. The summed E-state index contributed by atoms with van der Waals surface area (Å²) in [4.78, 5) is 25.1. The third kappa shape index (κ3) is 5.26. The van der Waals surface area contributed by atoms with Gasteiger partial charge < -0.3 is 15.5 Å². The number of carbonyl (C=O) groups is 1. The molecule has 2 rings (SSSR count). The largest absolute Gasteiger partial charge is 0.461 e. The molecule has 108 valence electrons. The zero-order valence-electron chi connectivity index (χ0n) is 12.2. The third-order valence-electron chi connectivity index (χ3n) is 2.48. The Morgan fingerprint density at radius 2 is 2.00 bits per heavy atom. The monoisotopic (exact) mass is 268 g/mol. The molecular formula is C14H24N2O3. The summed E-state index contributed by atoms with van der Waals surface area (Å²) in [5.41, 5.74) is 6.18. The van der Waals surface area contributed by atoms with Crippen LogP contribution in [-0.4, -0.2) is 17.5 Å². The molecule has 5 heteroatoms. The van der Waals surface area contributed by atoms with Crippen molar-refractivity contribution >= 4 is 5.97 Å². The number of esters is 1. The smallest absolute Gasteiger partial charge is 0.306 e. The fraction of sp³-hybridized carbons (Fsp3) is 0.571. The molecule has 1 aromatic heterocycles. The minimum atomic E-state index is -0.242. The van der Waals surface area contributed by atoms with Gasteiger partial charge in [-0.05, 0) is 24.1 Å². The second kappa shape index (κ2) is 9.33. The molecule has 0 bridgehead atoms. The highest BCUT2D eigenvalue weighted by atomic mass is 16.5. The molecule has 0 amide bonds. The summed E-state index contributed by atoms with van der Waals surface area (Å²) in [6.07, 6.45) is 1.95. The highest BCUT2D eigenvalue weighted by molar-refractivity contribution is 5.71. The number of rotatable bonds is 0. The van der Waals surface area contributed by atoms with Crippen molar-refractivity contribution in [3.8, 4) is 0 Å². The summed E-state index contributed by atoms with van der Waals surface area (Å²) in [6.45, 7) is 8.67. The average molecular weight is 268 g/mol. The van der Waals surface area contributed by atoms with Gasteiger partial charge in [0.05, 0.1) is 12.0 Å². The van der Waals surface area contributed by atoms with Gasteiger partial charge >= 0.3 is 5.97 Å². The van der Waals surface area contributed by atoms with Crippen LogP contribution >= 0.6 is 0 Å². The number of aromatic nitrogens is 1. The molecule has 0 saturated carbocycles. The Morgan fingerprint density at radius 1 is 1.42 bits per heavy atom. The van der Waals surface area contributed by atoms with E-state index in [1.165, 1.54) is 0 Å². The summed E-state index contributed by atoms with van der Waals surface area (Å²) in [5, 5.41) is 0. The lowest BCUT2D eigenvalue weighted by atomic mass is 9.96. The van der Waals surface area contributed by atoms with Gasteiger partial charge in [0.15, 0.2) is 0 Å². The van der Waals surface area contributed by atoms with Crippen molar-refractivity contribution in [2.24, 2.45) is 5.73 Å². The molecule has 1 aliphatic rings. The molecule has 2 heterocycles. The Bertz CT molecular complexity index is 441. The Labute approximate surface area is 114 Å². The first-order chi connectivity index (χ1) is 9.10. The quantitative estimate of drug-likeness (QED) is 0.704. The maximum absolute atomic E-state index is 11.4. The molecule has 0 fully saturated rings. The van der Waals surface area contributed by atoms with Crippen LogP contribution in [0.15, 0.2) is 17.1 Å². The molecule has 0 aromatic carbocycles. The van der Waals surface area contributed by atoms with Crippen LogP contribution in [0.2, 0.25) is 0 Å². The first kappa shape index (κ1) is 17.4. The number of pyridine rings is 1. The zero-order chi connectivity index (χ0) is 14.8. The Morgan fingerprint density at radius 3 is 2.58 bits per heavy atom. The van der Waals surface area contributed by atoms with E-state index in [1.807, 2.05) is 33.8 Å². The molecule has 1 aliphatic heterocycles. The van der Waals surface area contributed by atoms with Gasteiger partial charge in [0.1, 0.15) is 6.61 Å². The second-order valence-electron chi connectivity index (χ2n) is 3.91. The first-order valence-corrected chi connectivity index (χ1v) is 6.66. The molecular weight excluding hydrogens is 244 g/mol. The highest BCUT2D eigenvalue weighted by Gasteiger charge is 2.22. The molecule has 19 heavy (non-hydrogen) atoms. The SMILES string of the molecule is CC.CC1CC(=O)OCc2c1cc[nH]c2=O.CCN. The zero-order valence-corrected chi connectivity index (χ0v) is 12.2. The van der Waals surface area contributed by atoms with Crippen molar-refractivity contribution in [2.45, 2.75) is 46.6 Å². The molecule has 3 N–H and O–H groups in total. The van der Waals surface area contributed by atoms with Crippen LogP contribution in [0.1, 0.15) is 51.2 Å². The summed E-state index contributed by atoms with van der Waals surface area (Å²) in [7, 11) is 0. The number of aromatic amines is 1. The second-order valence-corrected chi connectivity index (χ2v) is 3.91. The van der Waals surface area contributed by atoms with Gasteiger partial charge in [0.25, 0.3) is 5.56 Å². The lowest BCUT2D eigenvalue weighted by Gasteiger charge is -2.07. The van der Waals surface area contributed by atoms with Crippen molar-refractivity contribution in [3.05, 3.63) is 33.7 Å². The number of H-pyrrole nitrogens is 1. The van der Waals surface area contributed by atoms with Crippen LogP contribution in [0.5, 0.6) is 0 Å². The molecule has 0 saturated heterocycles. The maximum Gasteiger partial charge on any atom is 0.306 e. The molecule has 0 aliphatic carbocycles. The molecule has 0 spiro atoms.